The maximum atomic E-state index is 13.6. The van der Waals surface area contributed by atoms with Crippen LogP contribution in [0.25, 0.3) is 0 Å². The topological polar surface area (TPSA) is 65.9 Å². The van der Waals surface area contributed by atoms with Crippen LogP contribution in [0.5, 0.6) is 0 Å². The molecule has 1 aliphatic carbocycles. The van der Waals surface area contributed by atoms with Gasteiger partial charge in [-0.25, -0.2) is 13.8 Å². The molecule has 7 heteroatoms. The van der Waals surface area contributed by atoms with E-state index in [1.54, 1.807) is 27.7 Å². The minimum Gasteiger partial charge on any atom is -0.388 e. The smallest absolute Gasteiger partial charge is 0.152 e. The first-order valence-corrected chi connectivity index (χ1v) is 15.4. The van der Waals surface area contributed by atoms with E-state index >= 15 is 0 Å². The van der Waals surface area contributed by atoms with Crippen molar-refractivity contribution in [1.82, 2.24) is 10.6 Å². The molecule has 1 aromatic rings. The summed E-state index contributed by atoms with van der Waals surface area (Å²) >= 11 is 0. The van der Waals surface area contributed by atoms with Crippen molar-refractivity contribution in [3.63, 3.8) is 0 Å². The Balaban J connectivity index is 0. The number of aryl methyl sites for hydroxylation is 1. The van der Waals surface area contributed by atoms with E-state index in [9.17, 15) is 13.9 Å². The summed E-state index contributed by atoms with van der Waals surface area (Å²) < 4.78 is 32.6. The number of aliphatic imine (C=N–C) groups is 1. The van der Waals surface area contributed by atoms with E-state index in [2.05, 4.69) is 42.6 Å². The largest absolute Gasteiger partial charge is 0.388 e. The molecule has 42 heavy (non-hydrogen) atoms. The Labute approximate surface area is 256 Å². The van der Waals surface area contributed by atoms with Crippen molar-refractivity contribution in [1.29, 1.82) is 0 Å². The van der Waals surface area contributed by atoms with Gasteiger partial charge in [-0.1, -0.05) is 46.9 Å². The van der Waals surface area contributed by atoms with Gasteiger partial charge >= 0.3 is 0 Å². The average molecular weight is 594 g/mol. The van der Waals surface area contributed by atoms with Crippen LogP contribution >= 0.6 is 0 Å². The number of nitrogens with one attached hydrogen (secondary N) is 2. The number of nitrogens with zero attached hydrogens (tertiary/aromatic N) is 1. The lowest BCUT2D eigenvalue weighted by atomic mass is 9.87. The number of halogens is 2. The number of ether oxygens (including phenoxy) is 1. The Hall–Kier alpha value is -2.51. The Kier molecular flexibility index (Phi) is 21.9. The SMILES string of the molecule is C=C(C)/C(=C\C)NC(C)=Nc1c(F)cc(C)cc1F.C=C(C)NC1CCC(C)CC1.CC.CCCOC(C)C(C)(C)O. The minimum absolute atomic E-state index is 0.0764. The molecule has 1 atom stereocenters. The zero-order valence-corrected chi connectivity index (χ0v) is 28.7. The summed E-state index contributed by atoms with van der Waals surface area (Å²) in [6, 6.07) is 3.22. The third-order valence-electron chi connectivity index (χ3n) is 6.54. The molecule has 0 heterocycles. The van der Waals surface area contributed by atoms with Gasteiger partial charge in [0.05, 0.1) is 11.7 Å². The van der Waals surface area contributed by atoms with Crippen molar-refractivity contribution in [2.75, 3.05) is 6.61 Å². The van der Waals surface area contributed by atoms with Crippen LogP contribution in [0.4, 0.5) is 14.5 Å². The van der Waals surface area contributed by atoms with E-state index in [-0.39, 0.29) is 11.8 Å². The molecule has 0 radical (unpaired) electrons. The molecule has 0 saturated heterocycles. The van der Waals surface area contributed by atoms with Gasteiger partial charge in [-0.2, -0.15) is 0 Å². The quantitative estimate of drug-likeness (QED) is 0.151. The van der Waals surface area contributed by atoms with Crippen LogP contribution in [0.15, 0.2) is 53.3 Å². The van der Waals surface area contributed by atoms with Gasteiger partial charge in [0.2, 0.25) is 0 Å². The van der Waals surface area contributed by atoms with Gasteiger partial charge in [-0.05, 0) is 117 Å². The average Bonchev–Trinajstić information content (AvgIpc) is 2.90. The van der Waals surface area contributed by atoms with Gasteiger partial charge < -0.3 is 20.5 Å². The number of rotatable bonds is 9. The lowest BCUT2D eigenvalue weighted by Crippen LogP contribution is -2.35. The molecule has 242 valence electrons. The second kappa shape index (κ2) is 22.1. The summed E-state index contributed by atoms with van der Waals surface area (Å²) in [5.41, 5.74) is 2.24. The summed E-state index contributed by atoms with van der Waals surface area (Å²) in [5, 5.41) is 15.8. The van der Waals surface area contributed by atoms with Crippen molar-refractivity contribution in [2.45, 2.75) is 133 Å². The number of benzene rings is 1. The molecule has 1 fully saturated rings. The fourth-order valence-corrected chi connectivity index (χ4v) is 3.87. The zero-order chi connectivity index (χ0) is 33.0. The molecule has 1 aromatic carbocycles. The molecule has 1 saturated carbocycles. The van der Waals surface area contributed by atoms with Crippen LogP contribution in [0.1, 0.15) is 114 Å². The molecule has 0 aromatic heterocycles. The van der Waals surface area contributed by atoms with Gasteiger partial charge in [0.1, 0.15) is 11.5 Å². The number of allylic oxidation sites excluding steroid dienone is 3. The molecule has 0 spiro atoms. The van der Waals surface area contributed by atoms with Crippen molar-refractivity contribution >= 4 is 11.5 Å². The minimum atomic E-state index is -0.713. The third-order valence-corrected chi connectivity index (χ3v) is 6.54. The third kappa shape index (κ3) is 18.8. The highest BCUT2D eigenvalue weighted by molar-refractivity contribution is 5.84. The fraction of sp³-hybridized carbons (Fsp3) is 0.629. The van der Waals surface area contributed by atoms with Crippen LogP contribution in [-0.2, 0) is 4.74 Å². The lowest BCUT2D eigenvalue weighted by molar-refractivity contribution is -0.0782. The Morgan fingerprint density at radius 3 is 2.00 bits per heavy atom. The van der Waals surface area contributed by atoms with Crippen LogP contribution in [-0.4, -0.2) is 35.3 Å². The summed E-state index contributed by atoms with van der Waals surface area (Å²) in [4.78, 5) is 3.94. The Morgan fingerprint density at radius 1 is 1.12 bits per heavy atom. The number of aliphatic hydroxyl groups is 1. The van der Waals surface area contributed by atoms with Gasteiger partial charge in [-0.15, -0.1) is 0 Å². The highest BCUT2D eigenvalue weighted by Gasteiger charge is 2.22. The summed E-state index contributed by atoms with van der Waals surface area (Å²) in [5.74, 6) is 0.00271. The standard InChI is InChI=1S/C15H18F2N2.C10H19N.C8H18O2.C2H6/c1-6-14(9(2)3)18-11(5)19-15-12(16)7-10(4)8-13(15)17;1-8(2)11-10-6-4-9(3)5-7-10;1-5-6-10-7(2)8(3,4)9;1-2/h6-8H,2H2,1,3-5H3,(H,18,19);9-11H,1,4-7H2,2-3H3;7,9H,5-6H2,1-4H3;1-2H3/b14-6+;;;. The van der Waals surface area contributed by atoms with Crippen LogP contribution in [0.2, 0.25) is 0 Å². The number of hydrogen-bond donors (Lipinski definition) is 3. The first-order chi connectivity index (χ1) is 19.5. The van der Waals surface area contributed by atoms with E-state index in [4.69, 9.17) is 4.74 Å². The zero-order valence-electron chi connectivity index (χ0n) is 28.7. The van der Waals surface area contributed by atoms with E-state index < -0.39 is 17.2 Å². The highest BCUT2D eigenvalue weighted by Crippen LogP contribution is 2.24. The van der Waals surface area contributed by atoms with Crippen molar-refractivity contribution in [2.24, 2.45) is 10.9 Å². The van der Waals surface area contributed by atoms with Crippen LogP contribution in [0.3, 0.4) is 0 Å². The molecule has 1 unspecified atom stereocenters. The summed E-state index contributed by atoms with van der Waals surface area (Å²) in [7, 11) is 0. The molecule has 5 nitrogen and oxygen atoms in total. The molecule has 1 aliphatic rings. The second-order valence-corrected chi connectivity index (χ2v) is 11.4. The first kappa shape index (κ1) is 41.6. The molecule has 0 aliphatic heterocycles. The van der Waals surface area contributed by atoms with E-state index in [0.29, 0.717) is 17.4 Å². The second-order valence-electron chi connectivity index (χ2n) is 11.4. The maximum absolute atomic E-state index is 13.6. The first-order valence-electron chi connectivity index (χ1n) is 15.4. The van der Waals surface area contributed by atoms with Gasteiger partial charge in [-0.3, -0.25) is 0 Å². The monoisotopic (exact) mass is 593 g/mol. The van der Waals surface area contributed by atoms with Crippen LogP contribution in [0, 0.1) is 24.5 Å². The van der Waals surface area contributed by atoms with Crippen molar-refractivity contribution in [3.05, 3.63) is 65.5 Å². The molecule has 3 N–H and O–H groups in total. The van der Waals surface area contributed by atoms with E-state index in [1.165, 1.54) is 37.8 Å². The lowest BCUT2D eigenvalue weighted by Gasteiger charge is -2.27. The van der Waals surface area contributed by atoms with E-state index in [0.717, 1.165) is 35.9 Å². The highest BCUT2D eigenvalue weighted by atomic mass is 19.1. The molecule has 0 amide bonds. The molecule has 2 rings (SSSR count). The van der Waals surface area contributed by atoms with Gasteiger partial charge in [0, 0.05) is 24.0 Å². The molecular formula is C35H61F2N3O2. The van der Waals surface area contributed by atoms with Crippen molar-refractivity contribution in [3.8, 4) is 0 Å². The number of amidine groups is 1. The Morgan fingerprint density at radius 2 is 1.62 bits per heavy atom. The van der Waals surface area contributed by atoms with Gasteiger partial charge in [0.25, 0.3) is 0 Å². The predicted molar refractivity (Wildman–Crippen MR) is 178 cm³/mol. The number of hydrogen-bond acceptors (Lipinski definition) is 4. The predicted octanol–water partition coefficient (Wildman–Crippen LogP) is 9.68. The Bertz CT molecular complexity index is 965. The maximum Gasteiger partial charge on any atom is 0.152 e. The molecular weight excluding hydrogens is 532 g/mol. The van der Waals surface area contributed by atoms with Gasteiger partial charge in [0.15, 0.2) is 11.6 Å². The molecule has 0 bridgehead atoms. The summed E-state index contributed by atoms with van der Waals surface area (Å²) in [6.45, 7) is 31.2. The van der Waals surface area contributed by atoms with Crippen LogP contribution < -0.4 is 10.6 Å². The summed E-state index contributed by atoms with van der Waals surface area (Å²) in [6.07, 6.45) is 8.16. The fourth-order valence-electron chi connectivity index (χ4n) is 3.87. The van der Waals surface area contributed by atoms with E-state index in [1.807, 2.05) is 47.6 Å². The normalized spacial score (nSPS) is 17.7. The van der Waals surface area contributed by atoms with Crippen molar-refractivity contribution < 1.29 is 18.6 Å².